The molecule has 0 spiro atoms. The summed E-state index contributed by atoms with van der Waals surface area (Å²) < 4.78 is 5.05. The maximum atomic E-state index is 11.7. The fourth-order valence-corrected chi connectivity index (χ4v) is 2.20. The predicted octanol–water partition coefficient (Wildman–Crippen LogP) is 3.03. The molecule has 1 amide bonds. The summed E-state index contributed by atoms with van der Waals surface area (Å²) in [5.41, 5.74) is 6.72. The van der Waals surface area contributed by atoms with Gasteiger partial charge in [0.25, 0.3) is 5.22 Å². The monoisotopic (exact) mass is 297 g/mol. The molecule has 0 bridgehead atoms. The van der Waals surface area contributed by atoms with E-state index in [2.05, 4.69) is 10.3 Å². The summed E-state index contributed by atoms with van der Waals surface area (Å²) in [5, 5.41) is 3.78. The number of aromatic nitrogens is 1. The average Bonchev–Trinajstić information content (AvgIpc) is 2.87. The average molecular weight is 298 g/mol. The minimum atomic E-state index is -0.0965. The normalized spacial score (nSPS) is 10.4. The van der Waals surface area contributed by atoms with E-state index < -0.39 is 0 Å². The molecule has 2 rings (SSSR count). The van der Waals surface area contributed by atoms with Crippen molar-refractivity contribution in [2.45, 2.75) is 11.6 Å². The quantitative estimate of drug-likeness (QED) is 0.655. The Hall–Kier alpha value is -1.66. The highest BCUT2D eigenvalue weighted by atomic mass is 35.5. The van der Waals surface area contributed by atoms with Crippen LogP contribution in [0.3, 0.4) is 0 Å². The molecule has 7 heteroatoms. The smallest absolute Gasteiger partial charge is 0.255 e. The molecule has 19 heavy (non-hydrogen) atoms. The Balaban J connectivity index is 1.79. The van der Waals surface area contributed by atoms with E-state index in [1.807, 2.05) is 0 Å². The van der Waals surface area contributed by atoms with E-state index in [4.69, 9.17) is 21.8 Å². The first-order valence-electron chi connectivity index (χ1n) is 5.52. The number of nitrogens with one attached hydrogen (secondary N) is 1. The summed E-state index contributed by atoms with van der Waals surface area (Å²) in [6.07, 6.45) is 3.42. The molecule has 3 N–H and O–H groups in total. The van der Waals surface area contributed by atoms with Crippen LogP contribution >= 0.6 is 23.4 Å². The molecule has 0 fully saturated rings. The van der Waals surface area contributed by atoms with E-state index >= 15 is 0 Å². The third-order valence-electron chi connectivity index (χ3n) is 2.24. The number of carbonyl (C=O) groups is 1. The number of hydrogen-bond acceptors (Lipinski definition) is 5. The summed E-state index contributed by atoms with van der Waals surface area (Å²) >= 11 is 7.19. The second-order valence-corrected chi connectivity index (χ2v) is 5.13. The zero-order chi connectivity index (χ0) is 13.7. The molecule has 0 saturated heterocycles. The summed E-state index contributed by atoms with van der Waals surface area (Å²) in [6.45, 7) is 0. The Morgan fingerprint density at radius 2 is 2.37 bits per heavy atom. The fourth-order valence-electron chi connectivity index (χ4n) is 1.36. The van der Waals surface area contributed by atoms with E-state index in [1.165, 1.54) is 18.0 Å². The van der Waals surface area contributed by atoms with Gasteiger partial charge in [-0.15, -0.1) is 0 Å². The minimum Gasteiger partial charge on any atom is -0.440 e. The molecule has 1 heterocycles. The van der Waals surface area contributed by atoms with Crippen molar-refractivity contribution in [1.29, 1.82) is 0 Å². The van der Waals surface area contributed by atoms with Gasteiger partial charge in [-0.3, -0.25) is 4.79 Å². The van der Waals surface area contributed by atoms with Gasteiger partial charge in [0.1, 0.15) is 6.26 Å². The second-order valence-electron chi connectivity index (χ2n) is 3.68. The van der Waals surface area contributed by atoms with Crippen LogP contribution < -0.4 is 11.1 Å². The third kappa shape index (κ3) is 4.18. The van der Waals surface area contributed by atoms with Gasteiger partial charge in [0, 0.05) is 17.9 Å². The maximum absolute atomic E-state index is 11.7. The number of carbonyl (C=O) groups excluding carboxylic acids is 1. The first kappa shape index (κ1) is 13.8. The summed E-state index contributed by atoms with van der Waals surface area (Å²) in [6, 6.07) is 4.98. The van der Waals surface area contributed by atoms with Crippen molar-refractivity contribution < 1.29 is 9.21 Å². The number of hydrogen-bond donors (Lipinski definition) is 2. The van der Waals surface area contributed by atoms with Crippen LogP contribution in [0.4, 0.5) is 11.4 Å². The van der Waals surface area contributed by atoms with Gasteiger partial charge in [0.2, 0.25) is 5.91 Å². The van der Waals surface area contributed by atoms with Gasteiger partial charge in [-0.05, 0) is 18.2 Å². The van der Waals surface area contributed by atoms with Crippen molar-refractivity contribution in [1.82, 2.24) is 4.98 Å². The first-order valence-corrected chi connectivity index (χ1v) is 6.88. The van der Waals surface area contributed by atoms with Crippen LogP contribution in [0.2, 0.25) is 5.02 Å². The van der Waals surface area contributed by atoms with Crippen LogP contribution in [0.1, 0.15) is 6.42 Å². The highest BCUT2D eigenvalue weighted by molar-refractivity contribution is 7.99. The molecule has 0 aliphatic rings. The lowest BCUT2D eigenvalue weighted by Crippen LogP contribution is -2.12. The summed E-state index contributed by atoms with van der Waals surface area (Å²) in [7, 11) is 0. The zero-order valence-corrected chi connectivity index (χ0v) is 11.5. The molecular formula is C12H12ClN3O2S. The van der Waals surface area contributed by atoms with E-state index in [0.717, 1.165) is 0 Å². The molecule has 5 nitrogen and oxygen atoms in total. The Labute approximate surface area is 119 Å². The molecule has 0 atom stereocenters. The Morgan fingerprint density at radius 3 is 3.05 bits per heavy atom. The second kappa shape index (κ2) is 6.49. The molecule has 100 valence electrons. The molecular weight excluding hydrogens is 286 g/mol. The number of nitrogens with two attached hydrogens (primary N) is 1. The van der Waals surface area contributed by atoms with Crippen LogP contribution in [-0.4, -0.2) is 16.6 Å². The highest BCUT2D eigenvalue weighted by Gasteiger charge is 2.06. The number of anilines is 2. The lowest BCUT2D eigenvalue weighted by Gasteiger charge is -2.06. The van der Waals surface area contributed by atoms with Gasteiger partial charge in [0.05, 0.1) is 16.9 Å². The molecule has 0 aliphatic carbocycles. The minimum absolute atomic E-state index is 0.0965. The van der Waals surface area contributed by atoms with Crippen LogP contribution in [0.25, 0.3) is 0 Å². The van der Waals surface area contributed by atoms with Crippen LogP contribution in [0.15, 0.2) is 40.3 Å². The van der Waals surface area contributed by atoms with Crippen LogP contribution in [0, 0.1) is 0 Å². The van der Waals surface area contributed by atoms with E-state index in [-0.39, 0.29) is 5.91 Å². The zero-order valence-electron chi connectivity index (χ0n) is 9.93. The van der Waals surface area contributed by atoms with Crippen molar-refractivity contribution in [2.24, 2.45) is 0 Å². The Morgan fingerprint density at radius 1 is 1.53 bits per heavy atom. The number of amides is 1. The fraction of sp³-hybridized carbons (Fsp3) is 0.167. The number of oxazole rings is 1. The van der Waals surface area contributed by atoms with Crippen LogP contribution in [0.5, 0.6) is 0 Å². The van der Waals surface area contributed by atoms with Crippen molar-refractivity contribution in [2.75, 3.05) is 16.8 Å². The highest BCUT2D eigenvalue weighted by Crippen LogP contribution is 2.22. The predicted molar refractivity (Wildman–Crippen MR) is 76.3 cm³/mol. The van der Waals surface area contributed by atoms with Gasteiger partial charge in [0.15, 0.2) is 0 Å². The Bertz CT molecular complexity index is 560. The van der Waals surface area contributed by atoms with Crippen molar-refractivity contribution >= 4 is 40.6 Å². The summed E-state index contributed by atoms with van der Waals surface area (Å²) in [4.78, 5) is 15.6. The van der Waals surface area contributed by atoms with Gasteiger partial charge in [-0.25, -0.2) is 4.98 Å². The number of nitrogens with zero attached hydrogens (tertiary/aromatic N) is 1. The number of benzene rings is 1. The molecule has 2 aromatic rings. The van der Waals surface area contributed by atoms with Crippen molar-refractivity contribution in [3.05, 3.63) is 35.7 Å². The molecule has 0 radical (unpaired) electrons. The van der Waals surface area contributed by atoms with Gasteiger partial charge in [-0.2, -0.15) is 0 Å². The number of thioether (sulfide) groups is 1. The number of halogens is 1. The van der Waals surface area contributed by atoms with E-state index in [9.17, 15) is 4.79 Å². The van der Waals surface area contributed by atoms with E-state index in [0.29, 0.717) is 33.8 Å². The molecule has 0 saturated carbocycles. The number of rotatable bonds is 5. The number of nitrogen functional groups attached to an aromatic ring is 1. The molecule has 1 aromatic heterocycles. The lowest BCUT2D eigenvalue weighted by atomic mass is 10.2. The molecule has 1 aromatic carbocycles. The van der Waals surface area contributed by atoms with Gasteiger partial charge < -0.3 is 15.5 Å². The largest absolute Gasteiger partial charge is 0.440 e. The van der Waals surface area contributed by atoms with Crippen molar-refractivity contribution in [3.8, 4) is 0 Å². The topological polar surface area (TPSA) is 81.1 Å². The van der Waals surface area contributed by atoms with Crippen molar-refractivity contribution in [3.63, 3.8) is 0 Å². The molecule has 0 aliphatic heterocycles. The third-order valence-corrected chi connectivity index (χ3v) is 3.45. The molecule has 0 unspecified atom stereocenters. The lowest BCUT2D eigenvalue weighted by molar-refractivity contribution is -0.115. The van der Waals surface area contributed by atoms with Crippen LogP contribution in [-0.2, 0) is 4.79 Å². The SMILES string of the molecule is Nc1cc(NC(=O)CCSc2ncco2)ccc1Cl. The maximum Gasteiger partial charge on any atom is 0.255 e. The van der Waals surface area contributed by atoms with Gasteiger partial charge >= 0.3 is 0 Å². The Kier molecular flexibility index (Phi) is 4.70. The van der Waals surface area contributed by atoms with E-state index in [1.54, 1.807) is 24.4 Å². The summed E-state index contributed by atoms with van der Waals surface area (Å²) in [5.74, 6) is 0.496. The standard InChI is InChI=1S/C12H12ClN3O2S/c13-9-2-1-8(7-10(9)14)16-11(17)3-6-19-12-15-4-5-18-12/h1-2,4-5,7H,3,6,14H2,(H,16,17). The van der Waals surface area contributed by atoms with Gasteiger partial charge in [-0.1, -0.05) is 23.4 Å². The first-order chi connectivity index (χ1) is 9.15.